The summed E-state index contributed by atoms with van der Waals surface area (Å²) in [4.78, 5) is 38.4. The van der Waals surface area contributed by atoms with Gasteiger partial charge in [-0.15, -0.1) is 0 Å². The third-order valence-corrected chi connectivity index (χ3v) is 4.06. The molecule has 29 heavy (non-hydrogen) atoms. The lowest BCUT2D eigenvalue weighted by molar-refractivity contribution is -0.389. The zero-order valence-corrected chi connectivity index (χ0v) is 15.6. The van der Waals surface area contributed by atoms with Gasteiger partial charge in [0.2, 0.25) is 11.7 Å². The van der Waals surface area contributed by atoms with E-state index in [9.17, 15) is 19.7 Å². The minimum atomic E-state index is -0.619. The zero-order valence-electron chi connectivity index (χ0n) is 15.6. The second kappa shape index (κ2) is 8.79. The predicted molar refractivity (Wildman–Crippen MR) is 104 cm³/mol. The van der Waals surface area contributed by atoms with Crippen LogP contribution in [0.25, 0.3) is 0 Å². The van der Waals surface area contributed by atoms with Gasteiger partial charge in [-0.3, -0.25) is 9.36 Å². The van der Waals surface area contributed by atoms with E-state index in [1.165, 1.54) is 16.8 Å². The number of carbonyl (C=O) groups excluding carboxylic acids is 2. The molecule has 0 bridgehead atoms. The molecule has 0 aliphatic carbocycles. The Morgan fingerprint density at radius 2 is 1.93 bits per heavy atom. The van der Waals surface area contributed by atoms with Gasteiger partial charge in [-0.2, -0.15) is 0 Å². The van der Waals surface area contributed by atoms with Crippen molar-refractivity contribution in [2.75, 3.05) is 5.32 Å². The Hall–Kier alpha value is -4.01. The van der Waals surface area contributed by atoms with Gasteiger partial charge < -0.3 is 20.2 Å². The van der Waals surface area contributed by atoms with Gasteiger partial charge in [0.25, 0.3) is 0 Å². The van der Waals surface area contributed by atoms with Gasteiger partial charge >= 0.3 is 11.8 Å². The molecule has 0 radical (unpaired) electrons. The SMILES string of the molecule is Cc1nc([N+](=O)[O-])cn1CC(=O)Nc1cccc(C(=O)OCc2ccccc2)c1. The number of aryl methyl sites for hydroxylation is 1. The maximum absolute atomic E-state index is 12.3. The summed E-state index contributed by atoms with van der Waals surface area (Å²) >= 11 is 0. The smallest absolute Gasteiger partial charge is 0.381 e. The molecule has 9 nitrogen and oxygen atoms in total. The number of ether oxygens (including phenoxy) is 1. The molecule has 2 aromatic carbocycles. The number of imidazole rings is 1. The molecule has 0 saturated heterocycles. The summed E-state index contributed by atoms with van der Waals surface area (Å²) in [6.45, 7) is 1.58. The highest BCUT2D eigenvalue weighted by molar-refractivity contribution is 5.94. The molecule has 148 valence electrons. The third-order valence-electron chi connectivity index (χ3n) is 4.06. The van der Waals surface area contributed by atoms with E-state index in [0.29, 0.717) is 17.1 Å². The molecule has 1 N–H and O–H groups in total. The molecule has 0 aliphatic heterocycles. The molecule has 0 saturated carbocycles. The van der Waals surface area contributed by atoms with Gasteiger partial charge in [-0.1, -0.05) is 36.4 Å². The molecule has 1 heterocycles. The average molecular weight is 394 g/mol. The number of hydrogen-bond acceptors (Lipinski definition) is 6. The first kappa shape index (κ1) is 19.7. The summed E-state index contributed by atoms with van der Waals surface area (Å²) in [5, 5.41) is 13.4. The summed E-state index contributed by atoms with van der Waals surface area (Å²) in [6.07, 6.45) is 1.20. The number of aromatic nitrogens is 2. The fourth-order valence-electron chi connectivity index (χ4n) is 2.63. The molecule has 0 spiro atoms. The largest absolute Gasteiger partial charge is 0.457 e. The van der Waals surface area contributed by atoms with Crippen molar-refractivity contribution in [3.63, 3.8) is 0 Å². The van der Waals surface area contributed by atoms with Crippen molar-refractivity contribution in [2.45, 2.75) is 20.1 Å². The van der Waals surface area contributed by atoms with Crippen LogP contribution in [0.3, 0.4) is 0 Å². The third kappa shape index (κ3) is 5.25. The first-order chi connectivity index (χ1) is 13.9. The number of carbonyl (C=O) groups is 2. The molecule has 3 aromatic rings. The molecule has 3 rings (SSSR count). The van der Waals surface area contributed by atoms with Crippen molar-refractivity contribution in [1.82, 2.24) is 9.55 Å². The Morgan fingerprint density at radius 3 is 2.62 bits per heavy atom. The first-order valence-electron chi connectivity index (χ1n) is 8.71. The second-order valence-corrected chi connectivity index (χ2v) is 6.22. The monoisotopic (exact) mass is 394 g/mol. The summed E-state index contributed by atoms with van der Waals surface area (Å²) in [5.41, 5.74) is 1.58. The Morgan fingerprint density at radius 1 is 1.17 bits per heavy atom. The van der Waals surface area contributed by atoms with E-state index in [-0.39, 0.29) is 19.0 Å². The van der Waals surface area contributed by atoms with E-state index in [1.807, 2.05) is 30.3 Å². The van der Waals surface area contributed by atoms with Crippen molar-refractivity contribution < 1.29 is 19.2 Å². The zero-order chi connectivity index (χ0) is 20.8. The van der Waals surface area contributed by atoms with Crippen LogP contribution in [0.4, 0.5) is 11.5 Å². The van der Waals surface area contributed by atoms with Gasteiger partial charge in [-0.25, -0.2) is 4.79 Å². The van der Waals surface area contributed by atoms with Gasteiger partial charge in [0, 0.05) is 12.6 Å². The molecule has 9 heteroatoms. The van der Waals surface area contributed by atoms with E-state index < -0.39 is 16.8 Å². The summed E-state index contributed by atoms with van der Waals surface area (Å²) in [6, 6.07) is 15.7. The van der Waals surface area contributed by atoms with Crippen LogP contribution in [0.1, 0.15) is 21.7 Å². The van der Waals surface area contributed by atoms with Crippen molar-refractivity contribution in [1.29, 1.82) is 0 Å². The van der Waals surface area contributed by atoms with Crippen LogP contribution in [-0.4, -0.2) is 26.4 Å². The Labute approximate surface area is 166 Å². The van der Waals surface area contributed by atoms with Crippen LogP contribution in [0.2, 0.25) is 0 Å². The second-order valence-electron chi connectivity index (χ2n) is 6.22. The predicted octanol–water partition coefficient (Wildman–Crippen LogP) is 3.10. The lowest BCUT2D eigenvalue weighted by Crippen LogP contribution is -2.19. The van der Waals surface area contributed by atoms with E-state index in [4.69, 9.17) is 4.74 Å². The lowest BCUT2D eigenvalue weighted by atomic mass is 10.2. The average Bonchev–Trinajstić information content (AvgIpc) is 3.07. The van der Waals surface area contributed by atoms with Gasteiger partial charge in [-0.05, 0) is 33.7 Å². The molecule has 0 fully saturated rings. The minimum absolute atomic E-state index is 0.143. The normalized spacial score (nSPS) is 10.4. The molecule has 1 aromatic heterocycles. The molecule has 1 amide bonds. The first-order valence-corrected chi connectivity index (χ1v) is 8.71. The van der Waals surface area contributed by atoms with Crippen LogP contribution >= 0.6 is 0 Å². The van der Waals surface area contributed by atoms with Gasteiger partial charge in [0.05, 0.1) is 5.56 Å². The number of hydrogen-bond donors (Lipinski definition) is 1. The maximum Gasteiger partial charge on any atom is 0.381 e. The Balaban J connectivity index is 1.61. The molecular formula is C20H18N4O5. The summed E-state index contributed by atoms with van der Waals surface area (Å²) < 4.78 is 6.66. The standard InChI is InChI=1S/C20H18N4O5/c1-14-21-18(24(27)28)11-23(14)12-19(25)22-17-9-5-8-16(10-17)20(26)29-13-15-6-3-2-4-7-15/h2-11H,12-13H2,1H3,(H,22,25). The van der Waals surface area contributed by atoms with E-state index in [2.05, 4.69) is 10.3 Å². The van der Waals surface area contributed by atoms with Gasteiger partial charge in [0.15, 0.2) is 0 Å². The summed E-state index contributed by atoms with van der Waals surface area (Å²) in [7, 11) is 0. The van der Waals surface area contributed by atoms with Crippen molar-refractivity contribution in [3.8, 4) is 0 Å². The van der Waals surface area contributed by atoms with E-state index in [1.54, 1.807) is 25.1 Å². The van der Waals surface area contributed by atoms with Crippen molar-refractivity contribution in [2.24, 2.45) is 0 Å². The van der Waals surface area contributed by atoms with Crippen molar-refractivity contribution >= 4 is 23.4 Å². The number of nitrogens with zero attached hydrogens (tertiary/aromatic N) is 3. The van der Waals surface area contributed by atoms with Crippen LogP contribution in [0.5, 0.6) is 0 Å². The highest BCUT2D eigenvalue weighted by Crippen LogP contribution is 2.14. The number of nitro groups is 1. The minimum Gasteiger partial charge on any atom is -0.457 e. The Bertz CT molecular complexity index is 1050. The summed E-state index contributed by atoms with van der Waals surface area (Å²) in [5.74, 6) is -0.884. The number of nitrogens with one attached hydrogen (secondary N) is 1. The van der Waals surface area contributed by atoms with Gasteiger partial charge in [0.1, 0.15) is 19.3 Å². The van der Waals surface area contributed by atoms with Crippen LogP contribution in [0, 0.1) is 17.0 Å². The maximum atomic E-state index is 12.3. The van der Waals surface area contributed by atoms with E-state index in [0.717, 1.165) is 5.56 Å². The lowest BCUT2D eigenvalue weighted by Gasteiger charge is -2.08. The molecule has 0 unspecified atom stereocenters. The van der Waals surface area contributed by atoms with Crippen molar-refractivity contribution in [3.05, 3.63) is 87.9 Å². The Kier molecular flexibility index (Phi) is 5.98. The van der Waals surface area contributed by atoms with Crippen LogP contribution < -0.4 is 5.32 Å². The quantitative estimate of drug-likeness (QED) is 0.374. The highest BCUT2D eigenvalue weighted by atomic mass is 16.6. The molecule has 0 aliphatic rings. The number of benzene rings is 2. The fourth-order valence-corrected chi connectivity index (χ4v) is 2.63. The number of rotatable bonds is 7. The van der Waals surface area contributed by atoms with Crippen LogP contribution in [0.15, 0.2) is 60.8 Å². The molecule has 0 atom stereocenters. The number of esters is 1. The van der Waals surface area contributed by atoms with Crippen LogP contribution in [-0.2, 0) is 22.7 Å². The number of amides is 1. The number of anilines is 1. The molecular weight excluding hydrogens is 376 g/mol. The highest BCUT2D eigenvalue weighted by Gasteiger charge is 2.17. The van der Waals surface area contributed by atoms with E-state index >= 15 is 0 Å². The topological polar surface area (TPSA) is 116 Å². The fraction of sp³-hybridized carbons (Fsp3) is 0.150.